The number of aryl methyl sites for hydroxylation is 2. The molecule has 348 valence electrons. The molecule has 3 saturated carbocycles. The third-order valence-corrected chi connectivity index (χ3v) is 18.4. The van der Waals surface area contributed by atoms with Gasteiger partial charge in [0, 0.05) is 41.4 Å². The van der Waals surface area contributed by atoms with E-state index in [1.165, 1.54) is 17.8 Å². The lowest BCUT2D eigenvalue weighted by Gasteiger charge is -2.34. The normalized spacial score (nSPS) is 20.0. The maximum Gasteiger partial charge on any atom is 0.435 e. The van der Waals surface area contributed by atoms with E-state index in [0.717, 1.165) is 12.1 Å². The quantitative estimate of drug-likeness (QED) is 0.0988. The molecule has 3 atom stereocenters. The molecule has 4 aliphatic carbocycles. The van der Waals surface area contributed by atoms with Gasteiger partial charge in [0.05, 0.1) is 42.9 Å². The van der Waals surface area contributed by atoms with E-state index in [0.29, 0.717) is 53.2 Å². The van der Waals surface area contributed by atoms with Gasteiger partial charge in [-0.1, -0.05) is 23.7 Å². The van der Waals surface area contributed by atoms with Gasteiger partial charge in [-0.25, -0.2) is 25.6 Å². The first-order valence-corrected chi connectivity index (χ1v) is 24.6. The lowest BCUT2D eigenvalue weighted by atomic mass is 9.73. The minimum absolute atomic E-state index is 0.00335. The standard InChI is InChI=1S/C43H43ClF7N7O5S2/c1-41(2,64(60,61)25-5-6-25)15-14-24-4-9-27(28-11-13-31(44)35-37(28)57(3)55-40(35)56-65(62,63)26-7-8-26)36(52-24)32(18-21-16-22(45)19-23(46)17-21)53-33(59)20-58-39-34(38(54-58)43(49,50)51)29-10-12-30(29)42(39,47)48/h4,9,11,13,16-17,19,25-26,29-30,32H,5-8,10,12,14-15,18,20H2,1-3H3,(H,53,59)(H,55,56)/t29-,30+,32-/m0/s1. The Labute approximate surface area is 374 Å². The van der Waals surface area contributed by atoms with Crippen molar-refractivity contribution in [3.8, 4) is 11.1 Å². The number of hydrogen-bond donors (Lipinski definition) is 2. The van der Waals surface area contributed by atoms with E-state index in [2.05, 4.69) is 20.2 Å². The van der Waals surface area contributed by atoms with Gasteiger partial charge in [0.15, 0.2) is 21.3 Å². The summed E-state index contributed by atoms with van der Waals surface area (Å²) in [6.07, 6.45) is -3.19. The molecule has 2 N–H and O–H groups in total. The van der Waals surface area contributed by atoms with E-state index in [9.17, 15) is 43.6 Å². The Morgan fingerprint density at radius 2 is 1.58 bits per heavy atom. The predicted octanol–water partition coefficient (Wildman–Crippen LogP) is 8.67. The van der Waals surface area contributed by atoms with Gasteiger partial charge in [-0.3, -0.25) is 23.9 Å². The van der Waals surface area contributed by atoms with Crippen LogP contribution in [0.4, 0.5) is 36.6 Å². The monoisotopic (exact) mass is 969 g/mol. The highest BCUT2D eigenvalue weighted by molar-refractivity contribution is 7.93. The van der Waals surface area contributed by atoms with Crippen LogP contribution in [-0.2, 0) is 63.2 Å². The Kier molecular flexibility index (Phi) is 10.9. The molecule has 0 saturated heterocycles. The van der Waals surface area contributed by atoms with Crippen molar-refractivity contribution in [2.75, 3.05) is 4.72 Å². The largest absolute Gasteiger partial charge is 0.435 e. The first-order chi connectivity index (χ1) is 30.4. The molecular formula is C43H43ClF7N7O5S2. The van der Waals surface area contributed by atoms with E-state index < -0.39 is 113 Å². The Hall–Kier alpha value is -4.76. The first-order valence-electron chi connectivity index (χ1n) is 21.1. The van der Waals surface area contributed by atoms with Crippen LogP contribution in [0.3, 0.4) is 0 Å². The van der Waals surface area contributed by atoms with Crippen molar-refractivity contribution in [3.05, 3.63) is 93.0 Å². The SMILES string of the molecule is Cn1nc(NS(=O)(=O)C2CC2)c2c(Cl)ccc(-c3ccc(CCC(C)(C)S(=O)(=O)C4CC4)nc3[C@H](Cc3cc(F)cc(F)c3)NC(=O)Cn3nc(C(F)(F)F)c4c3C(F)(F)[C@@H]3CC[C@H]43)c21. The second-order valence-corrected chi connectivity index (χ2v) is 23.4. The molecule has 0 unspecified atom stereocenters. The van der Waals surface area contributed by atoms with Crippen molar-refractivity contribution in [3.63, 3.8) is 0 Å². The molecule has 0 aliphatic heterocycles. The van der Waals surface area contributed by atoms with Crippen LogP contribution in [0.1, 0.15) is 105 Å². The summed E-state index contributed by atoms with van der Waals surface area (Å²) in [5.41, 5.74) is -1.88. The number of alkyl halides is 5. The number of fused-ring (bicyclic) bond motifs is 4. The summed E-state index contributed by atoms with van der Waals surface area (Å²) in [6.45, 7) is 2.14. The van der Waals surface area contributed by atoms with Crippen molar-refractivity contribution in [1.29, 1.82) is 0 Å². The fourth-order valence-electron chi connectivity index (χ4n) is 9.33. The number of nitrogens with one attached hydrogen (secondary N) is 2. The van der Waals surface area contributed by atoms with Crippen molar-refractivity contribution in [1.82, 2.24) is 29.9 Å². The third kappa shape index (κ3) is 8.16. The summed E-state index contributed by atoms with van der Waals surface area (Å²) >= 11 is 6.72. The summed E-state index contributed by atoms with van der Waals surface area (Å²) in [7, 11) is -5.84. The van der Waals surface area contributed by atoms with Gasteiger partial charge in [-0.05, 0) is 107 Å². The number of hydrogen-bond acceptors (Lipinski definition) is 8. The molecule has 5 aromatic rings. The number of halogens is 8. The fourth-order valence-corrected chi connectivity index (χ4v) is 13.0. The maximum atomic E-state index is 15.8. The molecule has 3 aromatic heterocycles. The molecule has 9 rings (SSSR count). The molecule has 4 aliphatic rings. The van der Waals surface area contributed by atoms with Crippen LogP contribution in [0.5, 0.6) is 0 Å². The van der Waals surface area contributed by atoms with Crippen molar-refractivity contribution in [2.45, 2.75) is 117 Å². The Bertz CT molecular complexity index is 2980. The summed E-state index contributed by atoms with van der Waals surface area (Å²) < 4.78 is 160. The molecule has 22 heteroatoms. The molecule has 1 amide bonds. The minimum Gasteiger partial charge on any atom is -0.346 e. The lowest BCUT2D eigenvalue weighted by Crippen LogP contribution is -2.37. The van der Waals surface area contributed by atoms with E-state index in [-0.39, 0.29) is 58.7 Å². The molecular weight excluding hydrogens is 927 g/mol. The zero-order chi connectivity index (χ0) is 46.8. The number of sulfone groups is 1. The van der Waals surface area contributed by atoms with Gasteiger partial charge < -0.3 is 5.32 Å². The highest BCUT2D eigenvalue weighted by Gasteiger charge is 2.63. The number of carbonyl (C=O) groups is 1. The number of aromatic nitrogens is 5. The topological polar surface area (TPSA) is 158 Å². The average molecular weight is 970 g/mol. The van der Waals surface area contributed by atoms with Gasteiger partial charge in [-0.15, -0.1) is 0 Å². The van der Waals surface area contributed by atoms with Crippen LogP contribution in [0, 0.1) is 17.6 Å². The van der Waals surface area contributed by atoms with Gasteiger partial charge in [0.1, 0.15) is 23.9 Å². The number of carbonyl (C=O) groups excluding carboxylic acids is 1. The van der Waals surface area contributed by atoms with Crippen LogP contribution in [0.25, 0.3) is 22.0 Å². The molecule has 65 heavy (non-hydrogen) atoms. The molecule has 3 heterocycles. The highest BCUT2D eigenvalue weighted by atomic mass is 35.5. The number of sulfonamides is 1. The highest BCUT2D eigenvalue weighted by Crippen LogP contribution is 2.64. The van der Waals surface area contributed by atoms with Crippen molar-refractivity contribution in [2.24, 2.45) is 13.0 Å². The summed E-state index contributed by atoms with van der Waals surface area (Å²) in [4.78, 5) is 19.1. The number of benzene rings is 2. The van der Waals surface area contributed by atoms with E-state index >= 15 is 8.78 Å². The summed E-state index contributed by atoms with van der Waals surface area (Å²) in [5, 5.41) is 9.89. The fraction of sp³-hybridized carbons (Fsp3) is 0.488. The molecule has 0 radical (unpaired) electrons. The molecule has 12 nitrogen and oxygen atoms in total. The van der Waals surface area contributed by atoms with E-state index in [1.807, 2.05) is 0 Å². The summed E-state index contributed by atoms with van der Waals surface area (Å²) in [6, 6.07) is 7.54. The Morgan fingerprint density at radius 1 is 0.923 bits per heavy atom. The second-order valence-electron chi connectivity index (χ2n) is 18.2. The number of anilines is 1. The Balaban J connectivity index is 1.17. The van der Waals surface area contributed by atoms with Crippen molar-refractivity contribution < 1.29 is 52.4 Å². The number of nitrogens with zero attached hydrogens (tertiary/aromatic N) is 5. The number of amides is 1. The van der Waals surface area contributed by atoms with Gasteiger partial charge in [0.2, 0.25) is 15.9 Å². The van der Waals surface area contributed by atoms with E-state index in [4.69, 9.17) is 16.6 Å². The van der Waals surface area contributed by atoms with Gasteiger partial charge in [0.25, 0.3) is 5.92 Å². The average Bonchev–Trinajstić information content (AvgIpc) is 4.11. The van der Waals surface area contributed by atoms with Crippen LogP contribution >= 0.6 is 11.6 Å². The zero-order valence-electron chi connectivity index (χ0n) is 35.1. The zero-order valence-corrected chi connectivity index (χ0v) is 37.5. The van der Waals surface area contributed by atoms with Crippen LogP contribution < -0.4 is 10.0 Å². The number of rotatable bonds is 15. The molecule has 2 aromatic carbocycles. The maximum absolute atomic E-state index is 15.8. The molecule has 0 bridgehead atoms. The molecule has 3 fully saturated rings. The predicted molar refractivity (Wildman–Crippen MR) is 226 cm³/mol. The summed E-state index contributed by atoms with van der Waals surface area (Å²) in [5.74, 6) is -9.28. The smallest absolute Gasteiger partial charge is 0.346 e. The van der Waals surface area contributed by atoms with Gasteiger partial charge in [-0.2, -0.15) is 32.1 Å². The van der Waals surface area contributed by atoms with Crippen molar-refractivity contribution >= 4 is 54.1 Å². The van der Waals surface area contributed by atoms with E-state index in [1.54, 1.807) is 32.0 Å². The third-order valence-electron chi connectivity index (χ3n) is 13.1. The molecule has 0 spiro atoms. The van der Waals surface area contributed by atoms with Crippen LogP contribution in [0.15, 0.2) is 42.5 Å². The van der Waals surface area contributed by atoms with Crippen LogP contribution in [-0.4, -0.2) is 62.5 Å². The van der Waals surface area contributed by atoms with Crippen LogP contribution in [0.2, 0.25) is 5.02 Å². The minimum atomic E-state index is -5.10. The number of pyridine rings is 1. The Morgan fingerprint density at radius 3 is 2.20 bits per heavy atom. The second kappa shape index (κ2) is 15.7. The lowest BCUT2D eigenvalue weighted by molar-refractivity contribution is -0.144. The van der Waals surface area contributed by atoms with Gasteiger partial charge >= 0.3 is 6.18 Å². The first kappa shape index (κ1) is 45.4.